The second kappa shape index (κ2) is 5.47. The van der Waals surface area contributed by atoms with Gasteiger partial charge in [-0.05, 0) is 12.1 Å². The van der Waals surface area contributed by atoms with E-state index < -0.39 is 5.97 Å². The lowest BCUT2D eigenvalue weighted by molar-refractivity contribution is -0.375. The number of rotatable bonds is 1. The van der Waals surface area contributed by atoms with Crippen molar-refractivity contribution in [3.05, 3.63) is 48.8 Å². The zero-order valence-corrected chi connectivity index (χ0v) is 7.31. The second-order valence-corrected chi connectivity index (χ2v) is 2.31. The van der Waals surface area contributed by atoms with E-state index in [4.69, 9.17) is 0 Å². The normalized spacial score (nSPS) is 8.57. The van der Waals surface area contributed by atoms with Gasteiger partial charge in [-0.3, -0.25) is 15.0 Å². The molecule has 2 heterocycles. The Balaban J connectivity index is 0.000000165. The van der Waals surface area contributed by atoms with Crippen LogP contribution < -0.4 is 10.1 Å². The molecule has 5 heteroatoms. The molecule has 0 saturated heterocycles. The molecule has 0 unspecified atom stereocenters. The molecule has 2 aromatic heterocycles. The van der Waals surface area contributed by atoms with Crippen LogP contribution in [0.3, 0.4) is 0 Å². The maximum Gasteiger partial charge on any atom is 0.239 e. The zero-order chi connectivity index (χ0) is 10.2. The molecule has 0 saturated carbocycles. The lowest BCUT2D eigenvalue weighted by atomic mass is 10.4. The second-order valence-electron chi connectivity index (χ2n) is 2.31. The molecule has 0 spiro atoms. The zero-order valence-electron chi connectivity index (χ0n) is 7.31. The van der Waals surface area contributed by atoms with Crippen LogP contribution in [0.4, 0.5) is 0 Å². The van der Waals surface area contributed by atoms with E-state index in [2.05, 4.69) is 15.0 Å². The minimum atomic E-state index is -1.24. The van der Waals surface area contributed by atoms with Gasteiger partial charge >= 0.3 is 0 Å². The number of carbonyl (C=O) groups excluding carboxylic acids is 1. The van der Waals surface area contributed by atoms with Crippen molar-refractivity contribution >= 4 is 5.97 Å². The van der Waals surface area contributed by atoms with Gasteiger partial charge in [0.2, 0.25) is 6.33 Å². The summed E-state index contributed by atoms with van der Waals surface area (Å²) in [4.78, 5) is 19.2. The molecule has 0 aliphatic heterocycles. The number of aromatic nitrogens is 3. The number of H-pyrrole nitrogens is 2. The van der Waals surface area contributed by atoms with Gasteiger partial charge in [-0.1, -0.05) is 6.07 Å². The summed E-state index contributed by atoms with van der Waals surface area (Å²) in [5.41, 5.74) is -0.0301. The standard InChI is InChI=1S/C6H5NO2.C3H4N2/c8-6(9)5-3-1-2-4-7-5;1-2-5-3-4-1/h1-4H,(H,8,9);1-3H,(H,4,5). The number of hydrogen-bond donors (Lipinski definition) is 1. The van der Waals surface area contributed by atoms with Gasteiger partial charge < -0.3 is 9.90 Å². The number of aromatic amines is 2. The summed E-state index contributed by atoms with van der Waals surface area (Å²) in [6.45, 7) is 0. The van der Waals surface area contributed by atoms with Crippen molar-refractivity contribution in [2.45, 2.75) is 0 Å². The third kappa shape index (κ3) is 3.48. The molecule has 5 nitrogen and oxygen atoms in total. The first-order valence-electron chi connectivity index (χ1n) is 3.92. The largest absolute Gasteiger partial charge is 0.543 e. The third-order valence-corrected chi connectivity index (χ3v) is 1.32. The summed E-state index contributed by atoms with van der Waals surface area (Å²) in [6, 6.07) is 4.62. The van der Waals surface area contributed by atoms with Gasteiger partial charge in [0.1, 0.15) is 12.4 Å². The van der Waals surface area contributed by atoms with E-state index in [9.17, 15) is 9.90 Å². The first-order chi connectivity index (χ1) is 6.80. The van der Waals surface area contributed by atoms with Gasteiger partial charge in [-0.15, -0.1) is 0 Å². The predicted molar refractivity (Wildman–Crippen MR) is 45.9 cm³/mol. The highest BCUT2D eigenvalue weighted by Crippen LogP contribution is 1.88. The number of nitrogens with zero attached hydrogens (tertiary/aromatic N) is 1. The van der Waals surface area contributed by atoms with Gasteiger partial charge in [-0.25, -0.2) is 0 Å². The quantitative estimate of drug-likeness (QED) is 0.645. The lowest BCUT2D eigenvalue weighted by Crippen LogP contribution is -2.23. The third-order valence-electron chi connectivity index (χ3n) is 1.32. The van der Waals surface area contributed by atoms with Crippen molar-refractivity contribution in [1.82, 2.24) is 9.97 Å². The summed E-state index contributed by atoms with van der Waals surface area (Å²) in [5.74, 6) is -1.24. The molecule has 0 bridgehead atoms. The SMILES string of the molecule is O=C([O-])c1ccccn1.c1c[nH+]c[nH]1. The molecule has 0 aromatic carbocycles. The van der Waals surface area contributed by atoms with Crippen LogP contribution in [-0.4, -0.2) is 15.9 Å². The summed E-state index contributed by atoms with van der Waals surface area (Å²) >= 11 is 0. The fourth-order valence-corrected chi connectivity index (χ4v) is 0.724. The van der Waals surface area contributed by atoms with E-state index in [1.165, 1.54) is 12.3 Å². The van der Waals surface area contributed by atoms with Crippen molar-refractivity contribution in [2.75, 3.05) is 0 Å². The van der Waals surface area contributed by atoms with Crippen LogP contribution in [0.25, 0.3) is 0 Å². The average Bonchev–Trinajstić information content (AvgIpc) is 2.77. The minimum absolute atomic E-state index is 0.0301. The van der Waals surface area contributed by atoms with E-state index in [1.807, 2.05) is 12.4 Å². The fraction of sp³-hybridized carbons (Fsp3) is 0. The van der Waals surface area contributed by atoms with Gasteiger partial charge in [0.05, 0.1) is 11.7 Å². The highest BCUT2D eigenvalue weighted by molar-refractivity contribution is 5.83. The molecule has 0 atom stereocenters. The first kappa shape index (κ1) is 9.91. The van der Waals surface area contributed by atoms with Crippen LogP contribution in [0.1, 0.15) is 10.5 Å². The molecule has 2 aromatic rings. The Hall–Kier alpha value is -2.17. The first-order valence-corrected chi connectivity index (χ1v) is 3.92. The minimum Gasteiger partial charge on any atom is -0.543 e. The van der Waals surface area contributed by atoms with E-state index in [-0.39, 0.29) is 5.69 Å². The number of imidazole rings is 1. The number of aromatic carboxylic acids is 1. The summed E-state index contributed by atoms with van der Waals surface area (Å²) in [5, 5.41) is 10.0. The highest BCUT2D eigenvalue weighted by atomic mass is 16.4. The fourth-order valence-electron chi connectivity index (χ4n) is 0.724. The molecule has 0 aliphatic rings. The van der Waals surface area contributed by atoms with Gasteiger partial charge in [0.25, 0.3) is 0 Å². The number of carboxylic acids is 1. The van der Waals surface area contributed by atoms with Crippen LogP contribution in [0.2, 0.25) is 0 Å². The molecule has 2 rings (SSSR count). The lowest BCUT2D eigenvalue weighted by Gasteiger charge is -1.96. The van der Waals surface area contributed by atoms with Crippen LogP contribution in [0, 0.1) is 0 Å². The molecule has 2 N–H and O–H groups in total. The number of hydrogen-bond acceptors (Lipinski definition) is 3. The number of nitrogens with one attached hydrogen (secondary N) is 2. The summed E-state index contributed by atoms with van der Waals surface area (Å²) < 4.78 is 0. The van der Waals surface area contributed by atoms with Crippen LogP contribution in [0.5, 0.6) is 0 Å². The van der Waals surface area contributed by atoms with E-state index in [0.717, 1.165) is 0 Å². The van der Waals surface area contributed by atoms with Crippen molar-refractivity contribution in [3.63, 3.8) is 0 Å². The van der Waals surface area contributed by atoms with Gasteiger partial charge in [0.15, 0.2) is 0 Å². The van der Waals surface area contributed by atoms with E-state index >= 15 is 0 Å². The highest BCUT2D eigenvalue weighted by Gasteiger charge is 1.87. The van der Waals surface area contributed by atoms with Crippen LogP contribution in [-0.2, 0) is 0 Å². The Morgan fingerprint density at radius 3 is 2.64 bits per heavy atom. The molecule has 0 amide bonds. The summed E-state index contributed by atoms with van der Waals surface area (Å²) in [7, 11) is 0. The van der Waals surface area contributed by atoms with Gasteiger partial charge in [0, 0.05) is 6.20 Å². The van der Waals surface area contributed by atoms with Crippen LogP contribution >= 0.6 is 0 Å². The predicted octanol–water partition coefficient (Wildman–Crippen LogP) is -0.726. The smallest absolute Gasteiger partial charge is 0.239 e. The molecule has 0 fully saturated rings. The van der Waals surface area contributed by atoms with Crippen molar-refractivity contribution in [1.29, 1.82) is 0 Å². The van der Waals surface area contributed by atoms with Crippen molar-refractivity contribution in [2.24, 2.45) is 0 Å². The number of pyridine rings is 1. The van der Waals surface area contributed by atoms with E-state index in [1.54, 1.807) is 18.5 Å². The Bertz CT molecular complexity index is 342. The topological polar surface area (TPSA) is 82.9 Å². The van der Waals surface area contributed by atoms with Crippen molar-refractivity contribution in [3.8, 4) is 0 Å². The molecular formula is C9H9N3O2. The van der Waals surface area contributed by atoms with Crippen molar-refractivity contribution < 1.29 is 14.9 Å². The Kier molecular flexibility index (Phi) is 3.87. The Morgan fingerprint density at radius 2 is 2.36 bits per heavy atom. The number of carboxylic acid groups (broad SMARTS) is 1. The Labute approximate surface area is 80.5 Å². The van der Waals surface area contributed by atoms with E-state index in [0.29, 0.717) is 0 Å². The summed E-state index contributed by atoms with van der Waals surface area (Å²) in [6.07, 6.45) is 6.80. The van der Waals surface area contributed by atoms with Crippen LogP contribution in [0.15, 0.2) is 43.1 Å². The molecule has 0 aliphatic carbocycles. The average molecular weight is 191 g/mol. The Morgan fingerprint density at radius 1 is 1.50 bits per heavy atom. The molecule has 72 valence electrons. The molecular weight excluding hydrogens is 182 g/mol. The maximum atomic E-state index is 10.0. The number of carbonyl (C=O) groups is 1. The maximum absolute atomic E-state index is 10.0. The molecule has 0 radical (unpaired) electrons. The monoisotopic (exact) mass is 191 g/mol. The van der Waals surface area contributed by atoms with Gasteiger partial charge in [-0.2, -0.15) is 0 Å². The molecule has 14 heavy (non-hydrogen) atoms.